The first-order chi connectivity index (χ1) is 21.8. The van der Waals surface area contributed by atoms with Crippen LogP contribution in [0.3, 0.4) is 0 Å². The number of carbonyl (C=O) groups excluding carboxylic acids is 2. The lowest BCUT2D eigenvalue weighted by atomic mass is 9.92. The standard InChI is InChI=1S/C32H38F6O8/c1-41-29(31(33,34)35,23-13-5-3-6-14-23)27(39)45-20-11-18-25(17-9-10-19-26-43-21-12-22-44-26)46-28(40)30(42-2,32(36,37)38)24-15-7-4-8-16-24/h3-8,13-16,25-26H,9-12,17-22H2,1-2H3/t25-,29?,30?/m1/s1. The number of hydrogen-bond acceptors (Lipinski definition) is 8. The summed E-state index contributed by atoms with van der Waals surface area (Å²) < 4.78 is 117. The maximum atomic E-state index is 14.4. The SMILES string of the molecule is COC(C(=O)OCCC[C@@H](CCCCC1OCCCO1)OC(=O)C(OC)(c1ccccc1)C(F)(F)F)(c1ccccc1)C(F)(F)F. The Hall–Kier alpha value is -3.20. The number of unbranched alkanes of at least 4 members (excludes halogenated alkanes) is 1. The Balaban J connectivity index is 1.73. The van der Waals surface area contributed by atoms with E-state index in [1.807, 2.05) is 0 Å². The summed E-state index contributed by atoms with van der Waals surface area (Å²) in [6.07, 6.45) is -9.88. The molecule has 1 aliphatic heterocycles. The first kappa shape index (κ1) is 37.3. The van der Waals surface area contributed by atoms with Crippen molar-refractivity contribution in [1.82, 2.24) is 0 Å². The van der Waals surface area contributed by atoms with Gasteiger partial charge in [0, 0.05) is 25.3 Å². The molecule has 2 aromatic carbocycles. The molecule has 14 heteroatoms. The number of benzene rings is 2. The van der Waals surface area contributed by atoms with E-state index in [2.05, 4.69) is 0 Å². The zero-order chi connectivity index (χ0) is 33.8. The Morgan fingerprint density at radius 2 is 1.22 bits per heavy atom. The van der Waals surface area contributed by atoms with Gasteiger partial charge in [-0.15, -0.1) is 0 Å². The lowest BCUT2D eigenvalue weighted by Crippen LogP contribution is -2.52. The number of ether oxygens (including phenoxy) is 6. The van der Waals surface area contributed by atoms with Crippen LogP contribution in [0.5, 0.6) is 0 Å². The third-order valence-corrected chi connectivity index (χ3v) is 7.64. The van der Waals surface area contributed by atoms with Crippen molar-refractivity contribution >= 4 is 11.9 Å². The summed E-state index contributed by atoms with van der Waals surface area (Å²) in [7, 11) is 1.48. The molecule has 3 rings (SSSR count). The Morgan fingerprint density at radius 1 is 0.739 bits per heavy atom. The van der Waals surface area contributed by atoms with E-state index in [9.17, 15) is 35.9 Å². The highest BCUT2D eigenvalue weighted by Gasteiger charge is 2.65. The fourth-order valence-corrected chi connectivity index (χ4v) is 5.23. The molecule has 3 atom stereocenters. The molecule has 0 N–H and O–H groups in total. The van der Waals surface area contributed by atoms with E-state index < -0.39 is 65.6 Å². The van der Waals surface area contributed by atoms with Gasteiger partial charge in [0.15, 0.2) is 6.29 Å². The fourth-order valence-electron chi connectivity index (χ4n) is 5.23. The second-order valence-corrected chi connectivity index (χ2v) is 10.6. The number of hydrogen-bond donors (Lipinski definition) is 0. The summed E-state index contributed by atoms with van der Waals surface area (Å²) in [4.78, 5) is 26.1. The number of esters is 2. The summed E-state index contributed by atoms with van der Waals surface area (Å²) >= 11 is 0. The molecule has 0 aromatic heterocycles. The molecular formula is C32H38F6O8. The van der Waals surface area contributed by atoms with Crippen LogP contribution in [0.25, 0.3) is 0 Å². The lowest BCUT2D eigenvalue weighted by molar-refractivity contribution is -0.279. The average Bonchev–Trinajstić information content (AvgIpc) is 3.02. The van der Waals surface area contributed by atoms with E-state index in [0.29, 0.717) is 32.5 Å². The second-order valence-electron chi connectivity index (χ2n) is 10.6. The largest absolute Gasteiger partial charge is 0.463 e. The molecule has 0 aliphatic carbocycles. The minimum atomic E-state index is -5.20. The van der Waals surface area contributed by atoms with E-state index in [1.165, 1.54) is 36.4 Å². The van der Waals surface area contributed by atoms with Gasteiger partial charge in [-0.2, -0.15) is 26.3 Å². The highest BCUT2D eigenvalue weighted by atomic mass is 19.4. The van der Waals surface area contributed by atoms with Gasteiger partial charge in [-0.1, -0.05) is 60.7 Å². The predicted octanol–water partition coefficient (Wildman–Crippen LogP) is 6.75. The Bertz CT molecular complexity index is 1220. The predicted molar refractivity (Wildman–Crippen MR) is 151 cm³/mol. The normalized spacial score (nSPS) is 17.8. The van der Waals surface area contributed by atoms with Crippen LogP contribution >= 0.6 is 0 Å². The lowest BCUT2D eigenvalue weighted by Gasteiger charge is -2.34. The van der Waals surface area contributed by atoms with E-state index in [-0.39, 0.29) is 19.3 Å². The summed E-state index contributed by atoms with van der Waals surface area (Å²) in [5.74, 6) is -3.41. The average molecular weight is 665 g/mol. The molecule has 1 fully saturated rings. The van der Waals surface area contributed by atoms with E-state index in [1.54, 1.807) is 0 Å². The van der Waals surface area contributed by atoms with Crippen molar-refractivity contribution in [2.24, 2.45) is 0 Å². The molecule has 8 nitrogen and oxygen atoms in total. The second kappa shape index (κ2) is 16.6. The Labute approximate surface area is 263 Å². The molecule has 1 aliphatic rings. The third-order valence-electron chi connectivity index (χ3n) is 7.64. The maximum Gasteiger partial charge on any atom is 0.432 e. The fraction of sp³-hybridized carbons (Fsp3) is 0.562. The van der Waals surface area contributed by atoms with Crippen molar-refractivity contribution in [2.75, 3.05) is 34.0 Å². The van der Waals surface area contributed by atoms with Crippen LogP contribution in [0.4, 0.5) is 26.3 Å². The molecule has 46 heavy (non-hydrogen) atoms. The molecule has 2 aromatic rings. The van der Waals surface area contributed by atoms with Gasteiger partial charge in [0.2, 0.25) is 0 Å². The van der Waals surface area contributed by atoms with Crippen LogP contribution in [-0.2, 0) is 49.2 Å². The molecule has 256 valence electrons. The topological polar surface area (TPSA) is 89.5 Å². The van der Waals surface area contributed by atoms with Gasteiger partial charge < -0.3 is 28.4 Å². The van der Waals surface area contributed by atoms with Gasteiger partial charge in [0.25, 0.3) is 11.2 Å². The van der Waals surface area contributed by atoms with Crippen LogP contribution in [0, 0.1) is 0 Å². The van der Waals surface area contributed by atoms with Crippen LogP contribution in [-0.4, -0.2) is 70.7 Å². The third kappa shape index (κ3) is 8.58. The van der Waals surface area contributed by atoms with Gasteiger partial charge in [0.05, 0.1) is 19.8 Å². The van der Waals surface area contributed by atoms with Crippen molar-refractivity contribution in [3.63, 3.8) is 0 Å². The quantitative estimate of drug-likeness (QED) is 0.111. The first-order valence-electron chi connectivity index (χ1n) is 14.8. The molecule has 1 heterocycles. The molecule has 0 spiro atoms. The molecular weight excluding hydrogens is 626 g/mol. The van der Waals surface area contributed by atoms with Crippen LogP contribution < -0.4 is 0 Å². The van der Waals surface area contributed by atoms with Gasteiger partial charge in [0.1, 0.15) is 6.10 Å². The molecule has 1 saturated heterocycles. The van der Waals surface area contributed by atoms with Crippen LogP contribution in [0.1, 0.15) is 56.1 Å². The smallest absolute Gasteiger partial charge is 0.432 e. The number of carbonyl (C=O) groups is 2. The van der Waals surface area contributed by atoms with E-state index in [0.717, 1.165) is 44.9 Å². The van der Waals surface area contributed by atoms with Crippen LogP contribution in [0.2, 0.25) is 0 Å². The van der Waals surface area contributed by atoms with E-state index in [4.69, 9.17) is 28.4 Å². The van der Waals surface area contributed by atoms with Crippen molar-refractivity contribution < 1.29 is 64.4 Å². The highest BCUT2D eigenvalue weighted by molar-refractivity contribution is 5.83. The zero-order valence-corrected chi connectivity index (χ0v) is 25.5. The van der Waals surface area contributed by atoms with E-state index >= 15 is 0 Å². The molecule has 0 radical (unpaired) electrons. The first-order valence-corrected chi connectivity index (χ1v) is 14.8. The molecule has 0 amide bonds. The summed E-state index contributed by atoms with van der Waals surface area (Å²) in [6.45, 7) is 0.531. The number of rotatable bonds is 16. The summed E-state index contributed by atoms with van der Waals surface area (Å²) in [5, 5.41) is 0. The van der Waals surface area contributed by atoms with Crippen molar-refractivity contribution in [1.29, 1.82) is 0 Å². The van der Waals surface area contributed by atoms with Crippen molar-refractivity contribution in [2.45, 2.75) is 80.9 Å². The molecule has 2 unspecified atom stereocenters. The molecule has 0 bridgehead atoms. The van der Waals surface area contributed by atoms with Gasteiger partial charge >= 0.3 is 24.3 Å². The Kier molecular flexibility index (Phi) is 13.4. The monoisotopic (exact) mass is 664 g/mol. The number of methoxy groups -OCH3 is 2. The summed E-state index contributed by atoms with van der Waals surface area (Å²) in [5.41, 5.74) is -7.80. The zero-order valence-electron chi connectivity index (χ0n) is 25.5. The minimum absolute atomic E-state index is 0.105. The molecule has 0 saturated carbocycles. The van der Waals surface area contributed by atoms with Crippen molar-refractivity contribution in [3.8, 4) is 0 Å². The minimum Gasteiger partial charge on any atom is -0.463 e. The van der Waals surface area contributed by atoms with Crippen molar-refractivity contribution in [3.05, 3.63) is 71.8 Å². The number of halogens is 6. The maximum absolute atomic E-state index is 14.4. The van der Waals surface area contributed by atoms with Crippen LogP contribution in [0.15, 0.2) is 60.7 Å². The van der Waals surface area contributed by atoms with Gasteiger partial charge in [-0.05, 0) is 44.9 Å². The highest BCUT2D eigenvalue weighted by Crippen LogP contribution is 2.44. The van der Waals surface area contributed by atoms with Gasteiger partial charge in [-0.3, -0.25) is 0 Å². The summed E-state index contributed by atoms with van der Waals surface area (Å²) in [6, 6.07) is 12.5. The number of alkyl halides is 6. The Morgan fingerprint density at radius 3 is 1.70 bits per heavy atom. The van der Waals surface area contributed by atoms with Gasteiger partial charge in [-0.25, -0.2) is 9.59 Å².